The van der Waals surface area contributed by atoms with E-state index in [1.54, 1.807) is 11.2 Å². The highest BCUT2D eigenvalue weighted by molar-refractivity contribution is 8.00. The molecule has 6 heteroatoms. The molecule has 1 fully saturated rings. The van der Waals surface area contributed by atoms with Gasteiger partial charge in [-0.2, -0.15) is 16.1 Å². The van der Waals surface area contributed by atoms with Crippen molar-refractivity contribution in [3.8, 4) is 0 Å². The molecule has 90 valence electrons. The van der Waals surface area contributed by atoms with Gasteiger partial charge in [-0.1, -0.05) is 0 Å². The molecule has 0 aromatic carbocycles. The lowest BCUT2D eigenvalue weighted by atomic mass is 10.2. The van der Waals surface area contributed by atoms with Crippen molar-refractivity contribution in [2.45, 2.75) is 30.8 Å². The molecule has 1 aliphatic heterocycles. The van der Waals surface area contributed by atoms with E-state index in [0.717, 1.165) is 5.75 Å². The Hall–Kier alpha value is 0.220. The number of rotatable bonds is 3. The minimum absolute atomic E-state index is 0.0135. The minimum atomic E-state index is -3.19. The summed E-state index contributed by atoms with van der Waals surface area (Å²) in [6.45, 7) is 7.21. The first-order valence-electron chi connectivity index (χ1n) is 5.12. The predicted octanol–water partition coefficient (Wildman–Crippen LogP) is 0.491. The zero-order valence-corrected chi connectivity index (χ0v) is 11.2. The second-order valence-corrected chi connectivity index (χ2v) is 8.69. The van der Waals surface area contributed by atoms with Crippen LogP contribution in [0.5, 0.6) is 0 Å². The molecule has 1 heterocycles. The molecule has 0 aliphatic carbocycles. The summed E-state index contributed by atoms with van der Waals surface area (Å²) in [5, 5.41) is -0.476. The van der Waals surface area contributed by atoms with Crippen LogP contribution in [0.15, 0.2) is 0 Å². The third-order valence-corrected chi connectivity index (χ3v) is 6.13. The Morgan fingerprint density at radius 2 is 2.13 bits per heavy atom. The molecule has 1 saturated heterocycles. The Morgan fingerprint density at radius 3 is 2.60 bits per heavy atom. The van der Waals surface area contributed by atoms with Crippen molar-refractivity contribution < 1.29 is 8.42 Å². The van der Waals surface area contributed by atoms with Crippen LogP contribution in [0.4, 0.5) is 0 Å². The molecular weight excluding hydrogens is 232 g/mol. The van der Waals surface area contributed by atoms with Gasteiger partial charge in [-0.05, 0) is 20.8 Å². The first kappa shape index (κ1) is 13.3. The van der Waals surface area contributed by atoms with E-state index in [1.807, 2.05) is 11.8 Å². The molecule has 0 amide bonds. The van der Waals surface area contributed by atoms with Crippen molar-refractivity contribution in [2.24, 2.45) is 5.73 Å². The van der Waals surface area contributed by atoms with Crippen LogP contribution in [0.2, 0.25) is 0 Å². The number of nitrogens with two attached hydrogens (primary N) is 1. The minimum Gasteiger partial charge on any atom is -0.329 e. The summed E-state index contributed by atoms with van der Waals surface area (Å²) < 4.78 is 25.7. The maximum atomic E-state index is 12.0. The molecule has 1 aliphatic rings. The molecule has 0 radical (unpaired) electrons. The van der Waals surface area contributed by atoms with E-state index in [4.69, 9.17) is 5.73 Å². The van der Waals surface area contributed by atoms with E-state index in [-0.39, 0.29) is 11.3 Å². The van der Waals surface area contributed by atoms with E-state index in [9.17, 15) is 8.42 Å². The molecule has 1 unspecified atom stereocenters. The van der Waals surface area contributed by atoms with E-state index in [2.05, 4.69) is 13.8 Å². The molecule has 0 saturated carbocycles. The van der Waals surface area contributed by atoms with Crippen LogP contribution in [0.3, 0.4) is 0 Å². The molecule has 0 bridgehead atoms. The highest BCUT2D eigenvalue weighted by atomic mass is 32.2. The smallest absolute Gasteiger partial charge is 0.218 e. The lowest BCUT2D eigenvalue weighted by Crippen LogP contribution is -2.50. The lowest BCUT2D eigenvalue weighted by molar-refractivity contribution is 0.383. The van der Waals surface area contributed by atoms with E-state index in [1.165, 1.54) is 0 Å². The summed E-state index contributed by atoms with van der Waals surface area (Å²) in [5.41, 5.74) is 5.42. The molecule has 0 spiro atoms. The molecule has 4 nitrogen and oxygen atoms in total. The van der Waals surface area contributed by atoms with Gasteiger partial charge in [-0.3, -0.25) is 0 Å². The maximum absolute atomic E-state index is 12.0. The second kappa shape index (κ2) is 4.61. The summed E-state index contributed by atoms with van der Waals surface area (Å²) in [7, 11) is -3.19. The summed E-state index contributed by atoms with van der Waals surface area (Å²) >= 11 is 1.82. The predicted molar refractivity (Wildman–Crippen MR) is 65.5 cm³/mol. The van der Waals surface area contributed by atoms with Gasteiger partial charge in [0, 0.05) is 30.1 Å². The first-order chi connectivity index (χ1) is 6.79. The standard InChI is InChI=1S/C9H20N2O2S2/c1-8(6-10)15(12,13)11-4-5-14-9(2,3)7-11/h8H,4-7,10H2,1-3H3. The summed E-state index contributed by atoms with van der Waals surface area (Å²) in [6, 6.07) is 0. The van der Waals surface area contributed by atoms with Gasteiger partial charge in [0.15, 0.2) is 0 Å². The van der Waals surface area contributed by atoms with Gasteiger partial charge < -0.3 is 5.73 Å². The average molecular weight is 252 g/mol. The number of thioether (sulfide) groups is 1. The van der Waals surface area contributed by atoms with Gasteiger partial charge in [0.2, 0.25) is 10.0 Å². The van der Waals surface area contributed by atoms with Crippen LogP contribution >= 0.6 is 11.8 Å². The number of sulfonamides is 1. The molecular formula is C9H20N2O2S2. The van der Waals surface area contributed by atoms with Gasteiger partial charge in [-0.15, -0.1) is 0 Å². The number of hydrogen-bond acceptors (Lipinski definition) is 4. The topological polar surface area (TPSA) is 63.4 Å². The molecule has 0 aromatic heterocycles. The quantitative estimate of drug-likeness (QED) is 0.794. The van der Waals surface area contributed by atoms with Crippen LogP contribution < -0.4 is 5.73 Å². The van der Waals surface area contributed by atoms with Gasteiger partial charge in [0.05, 0.1) is 5.25 Å². The van der Waals surface area contributed by atoms with Crippen molar-refractivity contribution >= 4 is 21.8 Å². The largest absolute Gasteiger partial charge is 0.329 e. The zero-order chi connectivity index (χ0) is 11.7. The Morgan fingerprint density at radius 1 is 1.53 bits per heavy atom. The average Bonchev–Trinajstić information content (AvgIpc) is 2.15. The Labute approximate surface area is 96.6 Å². The van der Waals surface area contributed by atoms with Crippen LogP contribution in [-0.4, -0.2) is 48.1 Å². The SMILES string of the molecule is CC(CN)S(=O)(=O)N1CCSC(C)(C)C1. The normalized spacial score (nSPS) is 25.1. The fraction of sp³-hybridized carbons (Fsp3) is 1.00. The number of hydrogen-bond donors (Lipinski definition) is 1. The van der Waals surface area contributed by atoms with Crippen LogP contribution in [0, 0.1) is 0 Å². The summed E-state index contributed by atoms with van der Waals surface area (Å²) in [6.07, 6.45) is 0. The Bertz CT molecular complexity index is 314. The molecule has 0 aromatic rings. The van der Waals surface area contributed by atoms with Gasteiger partial charge >= 0.3 is 0 Å². The molecule has 15 heavy (non-hydrogen) atoms. The van der Waals surface area contributed by atoms with Crippen molar-refractivity contribution in [3.63, 3.8) is 0 Å². The van der Waals surface area contributed by atoms with Crippen LogP contribution in [-0.2, 0) is 10.0 Å². The lowest BCUT2D eigenvalue weighted by Gasteiger charge is -2.37. The molecule has 2 N–H and O–H groups in total. The fourth-order valence-corrected chi connectivity index (χ4v) is 4.48. The summed E-state index contributed by atoms with van der Waals surface area (Å²) in [4.78, 5) is 0. The zero-order valence-electron chi connectivity index (χ0n) is 9.56. The van der Waals surface area contributed by atoms with Gasteiger partial charge in [0.25, 0.3) is 0 Å². The monoisotopic (exact) mass is 252 g/mol. The fourth-order valence-electron chi connectivity index (χ4n) is 1.57. The highest BCUT2D eigenvalue weighted by Gasteiger charge is 2.35. The summed E-state index contributed by atoms with van der Waals surface area (Å²) in [5.74, 6) is 0.865. The van der Waals surface area contributed by atoms with Crippen molar-refractivity contribution in [2.75, 3.05) is 25.4 Å². The van der Waals surface area contributed by atoms with E-state index in [0.29, 0.717) is 13.1 Å². The number of nitrogens with zero attached hydrogens (tertiary/aromatic N) is 1. The highest BCUT2D eigenvalue weighted by Crippen LogP contribution is 2.31. The molecule has 1 atom stereocenters. The first-order valence-corrected chi connectivity index (χ1v) is 7.61. The van der Waals surface area contributed by atoms with Crippen LogP contribution in [0.25, 0.3) is 0 Å². The Balaban J connectivity index is 2.80. The van der Waals surface area contributed by atoms with Crippen molar-refractivity contribution in [3.05, 3.63) is 0 Å². The van der Waals surface area contributed by atoms with E-state index < -0.39 is 15.3 Å². The van der Waals surface area contributed by atoms with Crippen molar-refractivity contribution in [1.29, 1.82) is 0 Å². The third-order valence-electron chi connectivity index (χ3n) is 2.59. The van der Waals surface area contributed by atoms with Gasteiger partial charge in [0.1, 0.15) is 0 Å². The second-order valence-electron chi connectivity index (χ2n) is 4.53. The third kappa shape index (κ3) is 3.09. The van der Waals surface area contributed by atoms with Crippen molar-refractivity contribution in [1.82, 2.24) is 4.31 Å². The molecule has 1 rings (SSSR count). The van der Waals surface area contributed by atoms with Gasteiger partial charge in [-0.25, -0.2) is 8.42 Å². The van der Waals surface area contributed by atoms with Crippen LogP contribution in [0.1, 0.15) is 20.8 Å². The van der Waals surface area contributed by atoms with E-state index >= 15 is 0 Å². The maximum Gasteiger partial charge on any atom is 0.218 e. The Kier molecular flexibility index (Phi) is 4.08.